The van der Waals surface area contributed by atoms with Crippen LogP contribution in [0.25, 0.3) is 0 Å². The summed E-state index contributed by atoms with van der Waals surface area (Å²) in [6.07, 6.45) is 0. The Kier molecular flexibility index (Phi) is 4.14. The second-order valence-electron chi connectivity index (χ2n) is 6.49. The summed E-state index contributed by atoms with van der Waals surface area (Å²) in [4.78, 5) is 14.5. The lowest BCUT2D eigenvalue weighted by Gasteiger charge is -2.46. The van der Waals surface area contributed by atoms with E-state index >= 15 is 0 Å². The van der Waals surface area contributed by atoms with Crippen molar-refractivity contribution in [2.75, 3.05) is 13.1 Å². The van der Waals surface area contributed by atoms with Crippen molar-refractivity contribution in [2.24, 2.45) is 5.92 Å². The third-order valence-corrected chi connectivity index (χ3v) is 3.89. The number of benzene rings is 1. The predicted molar refractivity (Wildman–Crippen MR) is 78.1 cm³/mol. The van der Waals surface area contributed by atoms with Crippen molar-refractivity contribution in [3.63, 3.8) is 0 Å². The van der Waals surface area contributed by atoms with Gasteiger partial charge in [-0.05, 0) is 31.9 Å². The summed E-state index contributed by atoms with van der Waals surface area (Å²) in [7, 11) is 0. The number of amides is 1. The van der Waals surface area contributed by atoms with E-state index in [4.69, 9.17) is 0 Å². The molecule has 0 bridgehead atoms. The summed E-state index contributed by atoms with van der Waals surface area (Å²) in [5.74, 6) is -0.331. The van der Waals surface area contributed by atoms with Gasteiger partial charge in [0.15, 0.2) is 0 Å². The Hall–Kier alpha value is -1.42. The lowest BCUT2D eigenvalue weighted by atomic mass is 9.92. The lowest BCUT2D eigenvalue weighted by Crippen LogP contribution is -2.64. The highest BCUT2D eigenvalue weighted by atomic mass is 19.1. The van der Waals surface area contributed by atoms with Gasteiger partial charge in [0.25, 0.3) is 5.91 Å². The Bertz CT molecular complexity index is 499. The molecular formula is C16H23FN2O. The smallest absolute Gasteiger partial charge is 0.257 e. The van der Waals surface area contributed by atoms with E-state index in [1.807, 2.05) is 4.90 Å². The summed E-state index contributed by atoms with van der Waals surface area (Å²) in [5, 5.41) is 3.45. The third-order valence-electron chi connectivity index (χ3n) is 3.89. The van der Waals surface area contributed by atoms with Crippen molar-refractivity contribution >= 4 is 5.91 Å². The Morgan fingerprint density at radius 3 is 2.65 bits per heavy atom. The van der Waals surface area contributed by atoms with Crippen molar-refractivity contribution in [3.8, 4) is 0 Å². The number of nitrogens with one attached hydrogen (secondary N) is 1. The molecule has 0 saturated carbocycles. The molecule has 1 aliphatic rings. The molecule has 0 radical (unpaired) electrons. The van der Waals surface area contributed by atoms with Crippen molar-refractivity contribution in [2.45, 2.75) is 39.3 Å². The van der Waals surface area contributed by atoms with Crippen LogP contribution in [0.3, 0.4) is 0 Å². The molecule has 110 valence electrons. The fourth-order valence-electron chi connectivity index (χ4n) is 2.70. The monoisotopic (exact) mass is 278 g/mol. The van der Waals surface area contributed by atoms with Crippen molar-refractivity contribution < 1.29 is 9.18 Å². The van der Waals surface area contributed by atoms with Crippen LogP contribution in [0.4, 0.5) is 4.39 Å². The molecule has 1 saturated heterocycles. The third kappa shape index (κ3) is 3.01. The first-order chi connectivity index (χ1) is 9.32. The Labute approximate surface area is 120 Å². The number of halogens is 1. The van der Waals surface area contributed by atoms with E-state index in [0.717, 1.165) is 6.54 Å². The fraction of sp³-hybridized carbons (Fsp3) is 0.562. The summed E-state index contributed by atoms with van der Waals surface area (Å²) in [5.41, 5.74) is 0.0163. The zero-order valence-electron chi connectivity index (χ0n) is 12.6. The van der Waals surface area contributed by atoms with E-state index in [-0.39, 0.29) is 23.1 Å². The zero-order valence-corrected chi connectivity index (χ0v) is 12.6. The molecular weight excluding hydrogens is 255 g/mol. The average Bonchev–Trinajstić information content (AvgIpc) is 2.37. The minimum Gasteiger partial charge on any atom is -0.332 e. The average molecular weight is 278 g/mol. The molecule has 0 spiro atoms. The second kappa shape index (κ2) is 5.52. The molecule has 1 fully saturated rings. The van der Waals surface area contributed by atoms with Crippen LogP contribution >= 0.6 is 0 Å². The first-order valence-electron chi connectivity index (χ1n) is 7.12. The van der Waals surface area contributed by atoms with Gasteiger partial charge in [0.05, 0.1) is 5.56 Å². The molecule has 1 aliphatic heterocycles. The van der Waals surface area contributed by atoms with Crippen LogP contribution in [0.1, 0.15) is 38.1 Å². The maximum absolute atomic E-state index is 13.9. The minimum absolute atomic E-state index is 0.0927. The number of hydrogen-bond acceptors (Lipinski definition) is 2. The van der Waals surface area contributed by atoms with Gasteiger partial charge < -0.3 is 10.2 Å². The Balaban J connectivity index is 2.31. The van der Waals surface area contributed by atoms with Crippen molar-refractivity contribution in [1.82, 2.24) is 10.2 Å². The molecule has 0 aliphatic carbocycles. The first kappa shape index (κ1) is 15.0. The summed E-state index contributed by atoms with van der Waals surface area (Å²) < 4.78 is 13.9. The maximum Gasteiger partial charge on any atom is 0.257 e. The highest BCUT2D eigenvalue weighted by Gasteiger charge is 2.37. The molecule has 1 aromatic rings. The largest absolute Gasteiger partial charge is 0.332 e. The molecule has 1 amide bonds. The van der Waals surface area contributed by atoms with Crippen molar-refractivity contribution in [3.05, 3.63) is 35.6 Å². The highest BCUT2D eigenvalue weighted by Crippen LogP contribution is 2.23. The van der Waals surface area contributed by atoms with Crippen LogP contribution in [0.2, 0.25) is 0 Å². The van der Waals surface area contributed by atoms with Gasteiger partial charge in [0.1, 0.15) is 5.82 Å². The van der Waals surface area contributed by atoms with Gasteiger partial charge in [-0.15, -0.1) is 0 Å². The van der Waals surface area contributed by atoms with E-state index in [1.54, 1.807) is 18.2 Å². The lowest BCUT2D eigenvalue weighted by molar-refractivity contribution is 0.0413. The normalized spacial score (nSPS) is 22.1. The van der Waals surface area contributed by atoms with Crippen LogP contribution in [-0.2, 0) is 0 Å². The topological polar surface area (TPSA) is 32.3 Å². The van der Waals surface area contributed by atoms with Crippen molar-refractivity contribution in [1.29, 1.82) is 0 Å². The van der Waals surface area contributed by atoms with Gasteiger partial charge in [0, 0.05) is 24.7 Å². The molecule has 1 aromatic carbocycles. The summed E-state index contributed by atoms with van der Waals surface area (Å²) >= 11 is 0. The van der Waals surface area contributed by atoms with E-state index in [0.29, 0.717) is 12.5 Å². The number of carbonyl (C=O) groups is 1. The zero-order chi connectivity index (χ0) is 14.9. The molecule has 1 N–H and O–H groups in total. The SMILES string of the molecule is CC(C)C1CNC(C)(C)CN1C(=O)c1ccccc1F. The quantitative estimate of drug-likeness (QED) is 0.902. The summed E-state index contributed by atoms with van der Waals surface area (Å²) in [6, 6.07) is 6.30. The Morgan fingerprint density at radius 1 is 1.40 bits per heavy atom. The van der Waals surface area contributed by atoms with Gasteiger partial charge in [-0.1, -0.05) is 26.0 Å². The first-order valence-corrected chi connectivity index (χ1v) is 7.12. The maximum atomic E-state index is 13.9. The number of piperazine rings is 1. The number of hydrogen-bond donors (Lipinski definition) is 1. The highest BCUT2D eigenvalue weighted by molar-refractivity contribution is 5.94. The molecule has 3 nitrogen and oxygen atoms in total. The molecule has 2 rings (SSSR count). The van der Waals surface area contributed by atoms with E-state index in [9.17, 15) is 9.18 Å². The number of rotatable bonds is 2. The number of carbonyl (C=O) groups excluding carboxylic acids is 1. The van der Waals surface area contributed by atoms with Crippen LogP contribution < -0.4 is 5.32 Å². The van der Waals surface area contributed by atoms with Crippen LogP contribution in [0.15, 0.2) is 24.3 Å². The Morgan fingerprint density at radius 2 is 2.05 bits per heavy atom. The fourth-order valence-corrected chi connectivity index (χ4v) is 2.70. The summed E-state index contributed by atoms with van der Waals surface area (Å²) in [6.45, 7) is 9.63. The molecule has 1 heterocycles. The second-order valence-corrected chi connectivity index (χ2v) is 6.49. The standard InChI is InChI=1S/C16H23FN2O/c1-11(2)14-9-18-16(3,4)10-19(14)15(20)12-7-5-6-8-13(12)17/h5-8,11,14,18H,9-10H2,1-4H3. The van der Waals surface area contributed by atoms with Crippen LogP contribution in [0, 0.1) is 11.7 Å². The van der Waals surface area contributed by atoms with E-state index < -0.39 is 5.82 Å². The predicted octanol–water partition coefficient (Wildman–Crippen LogP) is 2.67. The van der Waals surface area contributed by atoms with Gasteiger partial charge in [-0.2, -0.15) is 0 Å². The van der Waals surface area contributed by atoms with Gasteiger partial charge in [0.2, 0.25) is 0 Å². The molecule has 20 heavy (non-hydrogen) atoms. The number of nitrogens with zero attached hydrogens (tertiary/aromatic N) is 1. The van der Waals surface area contributed by atoms with E-state index in [1.165, 1.54) is 6.07 Å². The molecule has 1 unspecified atom stereocenters. The molecule has 1 atom stereocenters. The molecule has 4 heteroatoms. The van der Waals surface area contributed by atoms with Crippen LogP contribution in [0.5, 0.6) is 0 Å². The van der Waals surface area contributed by atoms with E-state index in [2.05, 4.69) is 33.0 Å². The molecule has 0 aromatic heterocycles. The van der Waals surface area contributed by atoms with Crippen LogP contribution in [-0.4, -0.2) is 35.5 Å². The van der Waals surface area contributed by atoms with Gasteiger partial charge >= 0.3 is 0 Å². The van der Waals surface area contributed by atoms with Gasteiger partial charge in [-0.3, -0.25) is 4.79 Å². The minimum atomic E-state index is -0.448. The van der Waals surface area contributed by atoms with Gasteiger partial charge in [-0.25, -0.2) is 4.39 Å².